The molecule has 0 N–H and O–H groups in total. The lowest BCUT2D eigenvalue weighted by molar-refractivity contribution is 0.590. The van der Waals surface area contributed by atoms with Crippen LogP contribution in [0.1, 0.15) is 26.3 Å². The Labute approximate surface area is 123 Å². The van der Waals surface area contributed by atoms with Gasteiger partial charge in [0.15, 0.2) is 0 Å². The van der Waals surface area contributed by atoms with E-state index < -0.39 is 0 Å². The molecule has 0 amide bonds. The van der Waals surface area contributed by atoms with E-state index in [0.717, 1.165) is 16.6 Å². The van der Waals surface area contributed by atoms with E-state index in [-0.39, 0.29) is 11.2 Å². The number of halogens is 1. The minimum Gasteiger partial charge on any atom is -0.236 e. The molecule has 0 aliphatic rings. The molecule has 0 radical (unpaired) electrons. The van der Waals surface area contributed by atoms with Crippen molar-refractivity contribution in [3.8, 4) is 11.3 Å². The van der Waals surface area contributed by atoms with Gasteiger partial charge >= 0.3 is 0 Å². The van der Waals surface area contributed by atoms with Gasteiger partial charge in [-0.05, 0) is 23.1 Å². The first-order valence-corrected chi connectivity index (χ1v) is 6.96. The standard InChI is InChI=1S/C18H17FN2/c1-18(2,3)13-6-4-12(5-7-13)17-15-9-8-14(19)10-16(15)20-11-21-17/h4-11H,1-3H3. The quantitative estimate of drug-likeness (QED) is 0.643. The Kier molecular flexibility index (Phi) is 3.20. The summed E-state index contributed by atoms with van der Waals surface area (Å²) in [7, 11) is 0. The van der Waals surface area contributed by atoms with Crippen LogP contribution in [0.4, 0.5) is 4.39 Å². The van der Waals surface area contributed by atoms with Gasteiger partial charge in [-0.25, -0.2) is 14.4 Å². The highest BCUT2D eigenvalue weighted by molar-refractivity contribution is 5.91. The molecule has 0 atom stereocenters. The molecule has 0 fully saturated rings. The van der Waals surface area contributed by atoms with E-state index in [1.807, 2.05) is 0 Å². The van der Waals surface area contributed by atoms with Crippen molar-refractivity contribution < 1.29 is 4.39 Å². The molecule has 2 aromatic carbocycles. The molecule has 0 saturated carbocycles. The third-order valence-electron chi connectivity index (χ3n) is 3.62. The van der Waals surface area contributed by atoms with E-state index in [4.69, 9.17) is 0 Å². The minimum absolute atomic E-state index is 0.120. The summed E-state index contributed by atoms with van der Waals surface area (Å²) < 4.78 is 13.3. The Hall–Kier alpha value is -2.29. The van der Waals surface area contributed by atoms with Crippen molar-refractivity contribution in [3.63, 3.8) is 0 Å². The van der Waals surface area contributed by atoms with Crippen LogP contribution in [-0.2, 0) is 5.41 Å². The number of benzene rings is 2. The zero-order valence-electron chi connectivity index (χ0n) is 12.4. The van der Waals surface area contributed by atoms with Crippen LogP contribution in [0.25, 0.3) is 22.2 Å². The summed E-state index contributed by atoms with van der Waals surface area (Å²) in [6, 6.07) is 13.0. The van der Waals surface area contributed by atoms with Crippen LogP contribution in [0.3, 0.4) is 0 Å². The third kappa shape index (κ3) is 2.64. The predicted octanol–water partition coefficient (Wildman–Crippen LogP) is 4.73. The van der Waals surface area contributed by atoms with Gasteiger partial charge in [-0.3, -0.25) is 0 Å². The van der Waals surface area contributed by atoms with Gasteiger partial charge in [0.1, 0.15) is 12.1 Å². The van der Waals surface area contributed by atoms with Crippen LogP contribution >= 0.6 is 0 Å². The fourth-order valence-electron chi connectivity index (χ4n) is 2.39. The summed E-state index contributed by atoms with van der Waals surface area (Å²) in [6.07, 6.45) is 1.48. The lowest BCUT2D eigenvalue weighted by Gasteiger charge is -2.19. The van der Waals surface area contributed by atoms with Crippen LogP contribution in [-0.4, -0.2) is 9.97 Å². The number of fused-ring (bicyclic) bond motifs is 1. The molecule has 3 aromatic rings. The highest BCUT2D eigenvalue weighted by Gasteiger charge is 2.14. The SMILES string of the molecule is CC(C)(C)c1ccc(-c2ncnc3cc(F)ccc23)cc1. The van der Waals surface area contributed by atoms with E-state index >= 15 is 0 Å². The van der Waals surface area contributed by atoms with Crippen LogP contribution in [0.15, 0.2) is 48.8 Å². The van der Waals surface area contributed by atoms with Gasteiger partial charge in [-0.15, -0.1) is 0 Å². The van der Waals surface area contributed by atoms with Crippen molar-refractivity contribution in [1.29, 1.82) is 0 Å². The maximum Gasteiger partial charge on any atom is 0.125 e. The fourth-order valence-corrected chi connectivity index (χ4v) is 2.39. The maximum atomic E-state index is 13.3. The van der Waals surface area contributed by atoms with Crippen LogP contribution in [0.2, 0.25) is 0 Å². The third-order valence-corrected chi connectivity index (χ3v) is 3.62. The summed E-state index contributed by atoms with van der Waals surface area (Å²) in [5.74, 6) is -0.282. The Bertz CT molecular complexity index is 786. The van der Waals surface area contributed by atoms with Crippen molar-refractivity contribution in [3.05, 3.63) is 60.2 Å². The predicted molar refractivity (Wildman–Crippen MR) is 83.6 cm³/mol. The second kappa shape index (κ2) is 4.92. The first-order valence-electron chi connectivity index (χ1n) is 6.96. The van der Waals surface area contributed by atoms with Crippen molar-refractivity contribution in [2.75, 3.05) is 0 Å². The van der Waals surface area contributed by atoms with E-state index in [1.54, 1.807) is 6.07 Å². The summed E-state index contributed by atoms with van der Waals surface area (Å²) in [6.45, 7) is 6.56. The van der Waals surface area contributed by atoms with Gasteiger partial charge in [-0.1, -0.05) is 45.0 Å². The summed E-state index contributed by atoms with van der Waals surface area (Å²) in [5, 5.41) is 0.863. The molecule has 2 nitrogen and oxygen atoms in total. The van der Waals surface area contributed by atoms with Crippen molar-refractivity contribution in [2.45, 2.75) is 26.2 Å². The fraction of sp³-hybridized carbons (Fsp3) is 0.222. The number of aromatic nitrogens is 2. The van der Waals surface area contributed by atoms with Gasteiger partial charge in [0.2, 0.25) is 0 Å². The Balaban J connectivity index is 2.12. The minimum atomic E-state index is -0.282. The van der Waals surface area contributed by atoms with Gasteiger partial charge in [0.25, 0.3) is 0 Å². The zero-order chi connectivity index (χ0) is 15.0. The molecule has 21 heavy (non-hydrogen) atoms. The highest BCUT2D eigenvalue weighted by Crippen LogP contribution is 2.28. The topological polar surface area (TPSA) is 25.8 Å². The molecule has 106 valence electrons. The van der Waals surface area contributed by atoms with Crippen LogP contribution in [0, 0.1) is 5.82 Å². The van der Waals surface area contributed by atoms with Crippen molar-refractivity contribution in [2.24, 2.45) is 0 Å². The van der Waals surface area contributed by atoms with Gasteiger partial charge in [-0.2, -0.15) is 0 Å². The zero-order valence-corrected chi connectivity index (χ0v) is 12.4. The number of hydrogen-bond acceptors (Lipinski definition) is 2. The second-order valence-corrected chi connectivity index (χ2v) is 6.21. The lowest BCUT2D eigenvalue weighted by atomic mass is 9.86. The van der Waals surface area contributed by atoms with Gasteiger partial charge in [0.05, 0.1) is 11.2 Å². The first-order chi connectivity index (χ1) is 9.95. The molecule has 3 rings (SSSR count). The molecular weight excluding hydrogens is 263 g/mol. The molecule has 0 spiro atoms. The molecule has 1 heterocycles. The van der Waals surface area contributed by atoms with Crippen LogP contribution < -0.4 is 0 Å². The Morgan fingerprint density at radius 3 is 2.29 bits per heavy atom. The molecular formula is C18H17FN2. The first kappa shape index (κ1) is 13.7. The molecule has 0 saturated heterocycles. The maximum absolute atomic E-state index is 13.3. The monoisotopic (exact) mass is 280 g/mol. The molecule has 1 aromatic heterocycles. The lowest BCUT2D eigenvalue weighted by Crippen LogP contribution is -2.10. The Morgan fingerprint density at radius 2 is 1.62 bits per heavy atom. The van der Waals surface area contributed by atoms with Crippen LogP contribution in [0.5, 0.6) is 0 Å². The van der Waals surface area contributed by atoms with E-state index in [0.29, 0.717) is 5.52 Å². The normalized spacial score (nSPS) is 11.8. The van der Waals surface area contributed by atoms with Crippen molar-refractivity contribution >= 4 is 10.9 Å². The molecule has 0 aliphatic heterocycles. The van der Waals surface area contributed by atoms with Gasteiger partial charge < -0.3 is 0 Å². The molecule has 0 aliphatic carbocycles. The highest BCUT2D eigenvalue weighted by atomic mass is 19.1. The molecule has 0 bridgehead atoms. The molecule has 0 unspecified atom stereocenters. The van der Waals surface area contributed by atoms with E-state index in [1.165, 1.54) is 24.0 Å². The van der Waals surface area contributed by atoms with Crippen molar-refractivity contribution in [1.82, 2.24) is 9.97 Å². The number of nitrogens with zero attached hydrogens (tertiary/aromatic N) is 2. The number of rotatable bonds is 1. The number of hydrogen-bond donors (Lipinski definition) is 0. The average Bonchev–Trinajstić information content (AvgIpc) is 2.45. The van der Waals surface area contributed by atoms with E-state index in [2.05, 4.69) is 55.0 Å². The summed E-state index contributed by atoms with van der Waals surface area (Å²) >= 11 is 0. The van der Waals surface area contributed by atoms with E-state index in [9.17, 15) is 4.39 Å². The van der Waals surface area contributed by atoms with Gasteiger partial charge in [0, 0.05) is 17.0 Å². The summed E-state index contributed by atoms with van der Waals surface area (Å²) in [5.41, 5.74) is 3.87. The average molecular weight is 280 g/mol. The summed E-state index contributed by atoms with van der Waals surface area (Å²) in [4.78, 5) is 8.50. The molecule has 3 heteroatoms. The second-order valence-electron chi connectivity index (χ2n) is 6.21. The Morgan fingerprint density at radius 1 is 0.905 bits per heavy atom. The largest absolute Gasteiger partial charge is 0.236 e. The smallest absolute Gasteiger partial charge is 0.125 e.